The van der Waals surface area contributed by atoms with Gasteiger partial charge in [0.05, 0.1) is 0 Å². The van der Waals surface area contributed by atoms with Crippen LogP contribution in [0.15, 0.2) is 0 Å². The number of carboxylic acid groups (broad SMARTS) is 1. The van der Waals surface area contributed by atoms with Crippen LogP contribution in [0, 0.1) is 5.92 Å². The summed E-state index contributed by atoms with van der Waals surface area (Å²) in [6.45, 7) is 4.48. The molecule has 0 aromatic heterocycles. The predicted molar refractivity (Wildman–Crippen MR) is 91.7 cm³/mol. The molecule has 0 rings (SSSR count). The van der Waals surface area contributed by atoms with Gasteiger partial charge in [0.15, 0.2) is 0 Å². The Hall–Kier alpha value is -0.530. The van der Waals surface area contributed by atoms with Crippen molar-refractivity contribution in [1.82, 2.24) is 0 Å². The number of aliphatic carboxylic acids is 1. The van der Waals surface area contributed by atoms with E-state index in [1.165, 1.54) is 77.0 Å². The van der Waals surface area contributed by atoms with Crippen LogP contribution in [-0.4, -0.2) is 11.1 Å². The quantitative estimate of drug-likeness (QED) is 0.327. The van der Waals surface area contributed by atoms with Gasteiger partial charge in [0.2, 0.25) is 0 Å². The molecular formula is C19H38O2. The van der Waals surface area contributed by atoms with E-state index in [0.717, 1.165) is 12.8 Å². The van der Waals surface area contributed by atoms with E-state index in [2.05, 4.69) is 13.8 Å². The van der Waals surface area contributed by atoms with Crippen molar-refractivity contribution in [3.8, 4) is 0 Å². The van der Waals surface area contributed by atoms with Crippen LogP contribution in [0.25, 0.3) is 0 Å². The predicted octanol–water partition coefficient (Wildman–Crippen LogP) is 6.58. The lowest BCUT2D eigenvalue weighted by Gasteiger charge is -2.14. The zero-order chi connectivity index (χ0) is 15.8. The molecule has 0 radical (unpaired) electrons. The van der Waals surface area contributed by atoms with Gasteiger partial charge in [0.1, 0.15) is 0 Å². The van der Waals surface area contributed by atoms with Crippen molar-refractivity contribution < 1.29 is 9.90 Å². The van der Waals surface area contributed by atoms with Gasteiger partial charge < -0.3 is 5.11 Å². The first kappa shape index (κ1) is 20.5. The van der Waals surface area contributed by atoms with Crippen LogP contribution in [0.4, 0.5) is 0 Å². The molecular weight excluding hydrogens is 260 g/mol. The number of carboxylic acids is 1. The maximum Gasteiger partial charge on any atom is 0.303 e. The molecule has 0 saturated heterocycles. The second-order valence-corrected chi connectivity index (χ2v) is 6.58. The van der Waals surface area contributed by atoms with Crippen LogP contribution in [0.3, 0.4) is 0 Å². The Morgan fingerprint density at radius 3 is 1.48 bits per heavy atom. The fraction of sp³-hybridized carbons (Fsp3) is 0.947. The Balaban J connectivity index is 3.64. The standard InChI is InChI=1S/C19H38O2/c1-3-5-7-9-11-13-15-18(17-19(20)21)16-14-12-10-8-6-4-2/h18H,3-17H2,1-2H3,(H,20,21). The van der Waals surface area contributed by atoms with Crippen molar-refractivity contribution in [3.05, 3.63) is 0 Å². The lowest BCUT2D eigenvalue weighted by atomic mass is 9.91. The van der Waals surface area contributed by atoms with Crippen molar-refractivity contribution in [2.24, 2.45) is 5.92 Å². The highest BCUT2D eigenvalue weighted by Crippen LogP contribution is 2.22. The first-order valence-electron chi connectivity index (χ1n) is 9.42. The van der Waals surface area contributed by atoms with Gasteiger partial charge >= 0.3 is 5.97 Å². The largest absolute Gasteiger partial charge is 0.481 e. The lowest BCUT2D eigenvalue weighted by molar-refractivity contribution is -0.138. The molecule has 21 heavy (non-hydrogen) atoms. The Bertz CT molecular complexity index is 210. The summed E-state index contributed by atoms with van der Waals surface area (Å²) in [7, 11) is 0. The average molecular weight is 299 g/mol. The van der Waals surface area contributed by atoms with Crippen LogP contribution in [-0.2, 0) is 4.79 Å². The smallest absolute Gasteiger partial charge is 0.303 e. The molecule has 0 amide bonds. The summed E-state index contributed by atoms with van der Waals surface area (Å²) >= 11 is 0. The van der Waals surface area contributed by atoms with E-state index in [4.69, 9.17) is 5.11 Å². The van der Waals surface area contributed by atoms with Crippen LogP contribution in [0.5, 0.6) is 0 Å². The van der Waals surface area contributed by atoms with E-state index >= 15 is 0 Å². The average Bonchev–Trinajstić information content (AvgIpc) is 2.45. The molecule has 0 aromatic carbocycles. The zero-order valence-electron chi connectivity index (χ0n) is 14.5. The van der Waals surface area contributed by atoms with Crippen molar-refractivity contribution in [3.63, 3.8) is 0 Å². The lowest BCUT2D eigenvalue weighted by Crippen LogP contribution is -2.08. The van der Waals surface area contributed by atoms with Gasteiger partial charge in [-0.05, 0) is 18.8 Å². The summed E-state index contributed by atoms with van der Waals surface area (Å²) in [6.07, 6.45) is 18.2. The molecule has 0 heterocycles. The number of rotatable bonds is 16. The van der Waals surface area contributed by atoms with Crippen molar-refractivity contribution in [1.29, 1.82) is 0 Å². The summed E-state index contributed by atoms with van der Waals surface area (Å²) < 4.78 is 0. The highest BCUT2D eigenvalue weighted by atomic mass is 16.4. The number of hydrogen-bond acceptors (Lipinski definition) is 1. The summed E-state index contributed by atoms with van der Waals surface area (Å²) in [5.74, 6) is -0.197. The van der Waals surface area contributed by atoms with E-state index in [-0.39, 0.29) is 0 Å². The highest BCUT2D eigenvalue weighted by molar-refractivity contribution is 5.66. The summed E-state index contributed by atoms with van der Waals surface area (Å²) in [6, 6.07) is 0. The minimum absolute atomic E-state index is 0.379. The molecule has 0 unspecified atom stereocenters. The van der Waals surface area contributed by atoms with Crippen molar-refractivity contribution in [2.75, 3.05) is 0 Å². The molecule has 1 N–H and O–H groups in total. The van der Waals surface area contributed by atoms with Crippen molar-refractivity contribution in [2.45, 2.75) is 110 Å². The summed E-state index contributed by atoms with van der Waals surface area (Å²) in [4.78, 5) is 11.0. The fourth-order valence-corrected chi connectivity index (χ4v) is 3.02. The monoisotopic (exact) mass is 298 g/mol. The van der Waals surface area contributed by atoms with E-state index in [9.17, 15) is 4.79 Å². The topological polar surface area (TPSA) is 37.3 Å². The van der Waals surface area contributed by atoms with Crippen LogP contribution in [0.2, 0.25) is 0 Å². The van der Waals surface area contributed by atoms with Gasteiger partial charge in [0, 0.05) is 6.42 Å². The van der Waals surface area contributed by atoms with E-state index in [0.29, 0.717) is 12.3 Å². The maximum atomic E-state index is 11.0. The van der Waals surface area contributed by atoms with Crippen LogP contribution >= 0.6 is 0 Å². The molecule has 0 fully saturated rings. The molecule has 0 bridgehead atoms. The second kappa shape index (κ2) is 15.9. The first-order valence-corrected chi connectivity index (χ1v) is 9.42. The fourth-order valence-electron chi connectivity index (χ4n) is 3.02. The molecule has 0 aromatic rings. The van der Waals surface area contributed by atoms with Gasteiger partial charge in [-0.15, -0.1) is 0 Å². The third kappa shape index (κ3) is 15.7. The van der Waals surface area contributed by atoms with Gasteiger partial charge in [-0.2, -0.15) is 0 Å². The SMILES string of the molecule is CCCCCCCCC(CCCCCCCC)CC(=O)O. The van der Waals surface area contributed by atoms with Crippen LogP contribution < -0.4 is 0 Å². The third-order valence-electron chi connectivity index (χ3n) is 4.40. The molecule has 0 aliphatic carbocycles. The van der Waals surface area contributed by atoms with Crippen LogP contribution in [0.1, 0.15) is 110 Å². The highest BCUT2D eigenvalue weighted by Gasteiger charge is 2.12. The van der Waals surface area contributed by atoms with Gasteiger partial charge in [-0.25, -0.2) is 0 Å². The van der Waals surface area contributed by atoms with E-state index in [1.807, 2.05) is 0 Å². The maximum absolute atomic E-state index is 11.0. The minimum atomic E-state index is -0.614. The number of unbranched alkanes of at least 4 members (excludes halogenated alkanes) is 10. The normalized spacial score (nSPS) is 11.2. The third-order valence-corrected chi connectivity index (χ3v) is 4.40. The number of hydrogen-bond donors (Lipinski definition) is 1. The molecule has 2 heteroatoms. The molecule has 0 atom stereocenters. The molecule has 126 valence electrons. The van der Waals surface area contributed by atoms with Crippen molar-refractivity contribution >= 4 is 5.97 Å². The molecule has 0 aliphatic rings. The zero-order valence-corrected chi connectivity index (χ0v) is 14.5. The van der Waals surface area contributed by atoms with E-state index in [1.54, 1.807) is 0 Å². The Morgan fingerprint density at radius 1 is 0.714 bits per heavy atom. The Kier molecular flexibility index (Phi) is 15.5. The second-order valence-electron chi connectivity index (χ2n) is 6.58. The summed E-state index contributed by atoms with van der Waals surface area (Å²) in [5.41, 5.74) is 0. The number of carbonyl (C=O) groups is 1. The minimum Gasteiger partial charge on any atom is -0.481 e. The summed E-state index contributed by atoms with van der Waals surface area (Å²) in [5, 5.41) is 9.03. The van der Waals surface area contributed by atoms with Gasteiger partial charge in [-0.1, -0.05) is 90.9 Å². The first-order chi connectivity index (χ1) is 10.2. The van der Waals surface area contributed by atoms with E-state index < -0.39 is 5.97 Å². The van der Waals surface area contributed by atoms with Gasteiger partial charge in [-0.3, -0.25) is 4.79 Å². The molecule has 2 nitrogen and oxygen atoms in total. The molecule has 0 spiro atoms. The molecule has 0 saturated carbocycles. The molecule has 0 aliphatic heterocycles. The Labute approximate surface area is 132 Å². The van der Waals surface area contributed by atoms with Gasteiger partial charge in [0.25, 0.3) is 0 Å². The Morgan fingerprint density at radius 2 is 1.10 bits per heavy atom.